The standard InChI is InChI=1S/C15H15NO4S/c1-19-14(18)11-10-4-5-15(20-10)8-16(13(17)12(11)15)7-9-3-2-6-21-9/h2-6,10-12H,7-8H2,1H3/t10-,11+,12-,15+/m0/s1. The summed E-state index contributed by atoms with van der Waals surface area (Å²) >= 11 is 1.62. The van der Waals surface area contributed by atoms with Gasteiger partial charge in [0.15, 0.2) is 0 Å². The lowest BCUT2D eigenvalue weighted by Gasteiger charge is -2.22. The van der Waals surface area contributed by atoms with Crippen molar-refractivity contribution in [3.63, 3.8) is 0 Å². The van der Waals surface area contributed by atoms with Gasteiger partial charge in [0.2, 0.25) is 5.91 Å². The van der Waals surface area contributed by atoms with Crippen molar-refractivity contribution in [2.24, 2.45) is 11.8 Å². The largest absolute Gasteiger partial charge is 0.469 e. The smallest absolute Gasteiger partial charge is 0.312 e. The first-order valence-corrected chi connectivity index (χ1v) is 7.79. The van der Waals surface area contributed by atoms with Crippen LogP contribution in [0.4, 0.5) is 0 Å². The second kappa shape index (κ2) is 4.42. The maximum absolute atomic E-state index is 12.7. The molecule has 0 N–H and O–H groups in total. The van der Waals surface area contributed by atoms with E-state index in [1.807, 2.05) is 29.7 Å². The van der Waals surface area contributed by atoms with E-state index in [0.717, 1.165) is 4.88 Å². The Bertz CT molecular complexity index is 626. The molecule has 4 atom stereocenters. The summed E-state index contributed by atoms with van der Waals surface area (Å²) in [7, 11) is 1.35. The maximum Gasteiger partial charge on any atom is 0.312 e. The molecule has 1 spiro atoms. The first kappa shape index (κ1) is 13.0. The van der Waals surface area contributed by atoms with Crippen LogP contribution >= 0.6 is 11.3 Å². The van der Waals surface area contributed by atoms with Crippen LogP contribution in [0.1, 0.15) is 4.88 Å². The molecule has 5 nitrogen and oxygen atoms in total. The molecular formula is C15H15NO4S. The van der Waals surface area contributed by atoms with Gasteiger partial charge in [-0.05, 0) is 11.4 Å². The fourth-order valence-electron chi connectivity index (χ4n) is 3.71. The molecule has 2 fully saturated rings. The first-order chi connectivity index (χ1) is 10.1. The van der Waals surface area contributed by atoms with Crippen molar-refractivity contribution < 1.29 is 19.1 Å². The molecule has 1 aromatic rings. The number of methoxy groups -OCH3 is 1. The molecule has 110 valence electrons. The highest BCUT2D eigenvalue weighted by Gasteiger charge is 2.67. The van der Waals surface area contributed by atoms with Crippen molar-refractivity contribution in [1.29, 1.82) is 0 Å². The third kappa shape index (κ3) is 1.72. The highest BCUT2D eigenvalue weighted by molar-refractivity contribution is 7.09. The van der Waals surface area contributed by atoms with Gasteiger partial charge in [-0.3, -0.25) is 9.59 Å². The maximum atomic E-state index is 12.7. The number of carbonyl (C=O) groups excluding carboxylic acids is 2. The van der Waals surface area contributed by atoms with Gasteiger partial charge >= 0.3 is 5.97 Å². The van der Waals surface area contributed by atoms with Crippen LogP contribution < -0.4 is 0 Å². The van der Waals surface area contributed by atoms with Gasteiger partial charge in [-0.1, -0.05) is 18.2 Å². The van der Waals surface area contributed by atoms with E-state index in [-0.39, 0.29) is 18.0 Å². The number of ether oxygens (including phenoxy) is 2. The number of rotatable bonds is 3. The van der Waals surface area contributed by atoms with Crippen molar-refractivity contribution in [2.45, 2.75) is 18.2 Å². The van der Waals surface area contributed by atoms with Crippen molar-refractivity contribution >= 4 is 23.2 Å². The first-order valence-electron chi connectivity index (χ1n) is 6.91. The molecule has 0 aromatic carbocycles. The van der Waals surface area contributed by atoms with Crippen LogP contribution in [0.25, 0.3) is 0 Å². The van der Waals surface area contributed by atoms with E-state index < -0.39 is 17.4 Å². The number of hydrogen-bond donors (Lipinski definition) is 0. The minimum absolute atomic E-state index is 0.00866. The van der Waals surface area contributed by atoms with Crippen LogP contribution in [0, 0.1) is 11.8 Å². The van der Waals surface area contributed by atoms with Gasteiger partial charge in [-0.2, -0.15) is 0 Å². The van der Waals surface area contributed by atoms with E-state index in [4.69, 9.17) is 9.47 Å². The third-order valence-electron chi connectivity index (χ3n) is 4.58. The summed E-state index contributed by atoms with van der Waals surface area (Å²) in [5.74, 6) is -1.33. The highest BCUT2D eigenvalue weighted by atomic mass is 32.1. The fourth-order valence-corrected chi connectivity index (χ4v) is 4.43. The van der Waals surface area contributed by atoms with Crippen LogP contribution in [0.15, 0.2) is 29.7 Å². The number of carbonyl (C=O) groups is 2. The van der Waals surface area contributed by atoms with Crippen molar-refractivity contribution in [1.82, 2.24) is 4.90 Å². The number of likely N-dealkylation sites (tertiary alicyclic amines) is 1. The molecule has 2 saturated heterocycles. The number of esters is 1. The van der Waals surface area contributed by atoms with Crippen molar-refractivity contribution in [3.05, 3.63) is 34.5 Å². The van der Waals surface area contributed by atoms with Crippen LogP contribution in [0.3, 0.4) is 0 Å². The number of fused-ring (bicyclic) bond motifs is 1. The SMILES string of the molecule is COC(=O)[C@@H]1[C@@H]2C=C[C@]3(CN(Cc4cccs4)C(=O)[C@H]13)O2. The second-order valence-electron chi connectivity index (χ2n) is 5.70. The Morgan fingerprint density at radius 2 is 2.48 bits per heavy atom. The summed E-state index contributed by atoms with van der Waals surface area (Å²) in [6, 6.07) is 3.98. The molecule has 0 radical (unpaired) electrons. The van der Waals surface area contributed by atoms with Gasteiger partial charge in [0.1, 0.15) is 11.5 Å². The van der Waals surface area contributed by atoms with Crippen molar-refractivity contribution in [2.75, 3.05) is 13.7 Å². The monoisotopic (exact) mass is 305 g/mol. The lowest BCUT2D eigenvalue weighted by atomic mass is 9.77. The molecule has 4 rings (SSSR count). The minimum atomic E-state index is -0.641. The quantitative estimate of drug-likeness (QED) is 0.622. The van der Waals surface area contributed by atoms with Crippen LogP contribution in [-0.4, -0.2) is 42.1 Å². The molecule has 3 aliphatic rings. The van der Waals surface area contributed by atoms with Crippen LogP contribution in [0.5, 0.6) is 0 Å². The summed E-state index contributed by atoms with van der Waals surface area (Å²) in [5, 5.41) is 1.99. The van der Waals surface area contributed by atoms with E-state index >= 15 is 0 Å². The minimum Gasteiger partial charge on any atom is -0.469 e. The third-order valence-corrected chi connectivity index (χ3v) is 5.44. The van der Waals surface area contributed by atoms with E-state index in [2.05, 4.69) is 0 Å². The second-order valence-corrected chi connectivity index (χ2v) is 6.73. The highest BCUT2D eigenvalue weighted by Crippen LogP contribution is 2.52. The zero-order chi connectivity index (χ0) is 14.6. The van der Waals surface area contributed by atoms with E-state index in [1.165, 1.54) is 7.11 Å². The Kier molecular flexibility index (Phi) is 2.74. The van der Waals surface area contributed by atoms with Crippen molar-refractivity contribution in [3.8, 4) is 0 Å². The summed E-state index contributed by atoms with van der Waals surface area (Å²) < 4.78 is 10.8. The normalized spacial score (nSPS) is 36.3. The average Bonchev–Trinajstić information content (AvgIpc) is 3.22. The number of hydrogen-bond acceptors (Lipinski definition) is 5. The molecule has 0 unspecified atom stereocenters. The van der Waals surface area contributed by atoms with Gasteiger partial charge in [-0.15, -0.1) is 11.3 Å². The van der Waals surface area contributed by atoms with Crippen LogP contribution in [-0.2, 0) is 25.6 Å². The van der Waals surface area contributed by atoms with E-state index in [0.29, 0.717) is 13.1 Å². The molecule has 2 bridgehead atoms. The predicted molar refractivity (Wildman–Crippen MR) is 75.5 cm³/mol. The summed E-state index contributed by atoms with van der Waals surface area (Å²) in [6.45, 7) is 1.08. The molecule has 21 heavy (non-hydrogen) atoms. The predicted octanol–water partition coefficient (Wildman–Crippen LogP) is 1.20. The summed E-state index contributed by atoms with van der Waals surface area (Å²) in [5.41, 5.74) is -0.641. The van der Waals surface area contributed by atoms with Gasteiger partial charge in [-0.25, -0.2) is 0 Å². The van der Waals surface area contributed by atoms with Gasteiger partial charge in [0.25, 0.3) is 0 Å². The summed E-state index contributed by atoms with van der Waals surface area (Å²) in [4.78, 5) is 27.7. The lowest BCUT2D eigenvalue weighted by molar-refractivity contribution is -0.151. The average molecular weight is 305 g/mol. The topological polar surface area (TPSA) is 55.8 Å². The zero-order valence-electron chi connectivity index (χ0n) is 11.5. The van der Waals surface area contributed by atoms with E-state index in [9.17, 15) is 9.59 Å². The number of amides is 1. The molecule has 4 heterocycles. The molecule has 0 saturated carbocycles. The Labute approximate surface area is 126 Å². The van der Waals surface area contributed by atoms with Crippen LogP contribution in [0.2, 0.25) is 0 Å². The van der Waals surface area contributed by atoms with Gasteiger partial charge in [0, 0.05) is 4.88 Å². The molecular weight excluding hydrogens is 290 g/mol. The Hall–Kier alpha value is -1.66. The zero-order valence-corrected chi connectivity index (χ0v) is 12.3. The molecule has 6 heteroatoms. The molecule has 0 aliphatic carbocycles. The van der Waals surface area contributed by atoms with Gasteiger partial charge in [0.05, 0.1) is 32.2 Å². The van der Waals surface area contributed by atoms with Gasteiger partial charge < -0.3 is 14.4 Å². The Morgan fingerprint density at radius 1 is 1.62 bits per heavy atom. The number of thiophene rings is 1. The lowest BCUT2D eigenvalue weighted by Crippen LogP contribution is -2.39. The summed E-state index contributed by atoms with van der Waals surface area (Å²) in [6.07, 6.45) is 3.52. The Morgan fingerprint density at radius 3 is 3.19 bits per heavy atom. The molecule has 1 amide bonds. The fraction of sp³-hybridized carbons (Fsp3) is 0.467. The Balaban J connectivity index is 1.64. The number of nitrogens with zero attached hydrogens (tertiary/aromatic N) is 1. The molecule has 3 aliphatic heterocycles. The van der Waals surface area contributed by atoms with E-state index in [1.54, 1.807) is 16.2 Å². The molecule has 1 aromatic heterocycles.